The van der Waals surface area contributed by atoms with Gasteiger partial charge in [0.05, 0.1) is 18.2 Å². The maximum Gasteiger partial charge on any atom is 0.189 e. The minimum absolute atomic E-state index is 0.133. The third-order valence-corrected chi connectivity index (χ3v) is 3.20. The van der Waals surface area contributed by atoms with E-state index in [2.05, 4.69) is 10.3 Å². The molecule has 0 saturated heterocycles. The van der Waals surface area contributed by atoms with E-state index in [1.165, 1.54) is 12.8 Å². The zero-order chi connectivity index (χ0) is 10.0. The molecule has 2 saturated carbocycles. The number of aliphatic hydroxyl groups is 1. The van der Waals surface area contributed by atoms with Gasteiger partial charge in [-0.1, -0.05) is 12.8 Å². The molecule has 4 N–H and O–H groups in total. The first kappa shape index (κ1) is 9.77. The van der Waals surface area contributed by atoms with Crippen molar-refractivity contribution in [2.45, 2.75) is 50.1 Å². The van der Waals surface area contributed by atoms with Crippen LogP contribution in [0.2, 0.25) is 0 Å². The molecule has 4 heteroatoms. The Hall–Kier alpha value is -0.770. The van der Waals surface area contributed by atoms with Gasteiger partial charge in [-0.15, -0.1) is 0 Å². The van der Waals surface area contributed by atoms with E-state index in [9.17, 15) is 0 Å². The van der Waals surface area contributed by atoms with E-state index in [1.54, 1.807) is 0 Å². The second kappa shape index (κ2) is 3.77. The van der Waals surface area contributed by atoms with E-state index >= 15 is 0 Å². The molecule has 80 valence electrons. The summed E-state index contributed by atoms with van der Waals surface area (Å²) in [5, 5.41) is 12.2. The smallest absolute Gasteiger partial charge is 0.189 e. The standard InChI is InChI=1S/C10H19N3O/c11-9(12-8-3-1-2-4-8)13-10(7-14)5-6-10/h8,14H,1-7H2,(H3,11,12,13). The number of hydrogen-bond acceptors (Lipinski definition) is 2. The van der Waals surface area contributed by atoms with Gasteiger partial charge in [0, 0.05) is 0 Å². The molecule has 2 rings (SSSR count). The van der Waals surface area contributed by atoms with Crippen LogP contribution in [0.1, 0.15) is 38.5 Å². The van der Waals surface area contributed by atoms with Crippen molar-refractivity contribution in [2.75, 3.05) is 6.61 Å². The SMILES string of the molecule is NC(=NC1CCCC1)NC1(CO)CC1. The molecule has 2 aliphatic rings. The molecule has 0 spiro atoms. The lowest BCUT2D eigenvalue weighted by atomic mass is 10.3. The third-order valence-electron chi connectivity index (χ3n) is 3.20. The van der Waals surface area contributed by atoms with Gasteiger partial charge in [-0.2, -0.15) is 0 Å². The molecule has 0 aromatic heterocycles. The van der Waals surface area contributed by atoms with Crippen molar-refractivity contribution in [1.82, 2.24) is 5.32 Å². The first-order valence-electron chi connectivity index (χ1n) is 5.46. The van der Waals surface area contributed by atoms with Gasteiger partial charge in [0.1, 0.15) is 0 Å². The molecule has 0 aromatic rings. The average Bonchev–Trinajstić information content (AvgIpc) is 2.74. The fraction of sp³-hybridized carbons (Fsp3) is 0.900. The summed E-state index contributed by atoms with van der Waals surface area (Å²) in [4.78, 5) is 4.42. The number of hydrogen-bond donors (Lipinski definition) is 3. The molecule has 0 heterocycles. The summed E-state index contributed by atoms with van der Waals surface area (Å²) in [5.41, 5.74) is 5.65. The zero-order valence-electron chi connectivity index (χ0n) is 8.50. The monoisotopic (exact) mass is 197 g/mol. The van der Waals surface area contributed by atoms with Gasteiger partial charge in [0.25, 0.3) is 0 Å². The molecular weight excluding hydrogens is 178 g/mol. The van der Waals surface area contributed by atoms with Crippen LogP contribution < -0.4 is 11.1 Å². The second-order valence-corrected chi connectivity index (χ2v) is 4.52. The Bertz CT molecular complexity index is 230. The van der Waals surface area contributed by atoms with Crippen molar-refractivity contribution in [3.05, 3.63) is 0 Å². The predicted octanol–water partition coefficient (Wildman–Crippen LogP) is 0.358. The minimum atomic E-state index is -0.133. The van der Waals surface area contributed by atoms with E-state index in [1.807, 2.05) is 0 Å². The molecule has 0 radical (unpaired) electrons. The summed E-state index contributed by atoms with van der Waals surface area (Å²) in [7, 11) is 0. The first-order chi connectivity index (χ1) is 6.74. The van der Waals surface area contributed by atoms with Crippen LogP contribution in [0.4, 0.5) is 0 Å². The van der Waals surface area contributed by atoms with E-state index in [0.29, 0.717) is 12.0 Å². The minimum Gasteiger partial charge on any atom is -0.394 e. The quantitative estimate of drug-likeness (QED) is 0.452. The highest BCUT2D eigenvalue weighted by molar-refractivity contribution is 5.79. The van der Waals surface area contributed by atoms with Crippen molar-refractivity contribution in [3.8, 4) is 0 Å². The Morgan fingerprint density at radius 3 is 2.57 bits per heavy atom. The van der Waals surface area contributed by atoms with E-state index in [0.717, 1.165) is 25.7 Å². The maximum absolute atomic E-state index is 9.09. The lowest BCUT2D eigenvalue weighted by Crippen LogP contribution is -2.44. The number of nitrogens with two attached hydrogens (primary N) is 1. The molecular formula is C10H19N3O. The molecule has 2 aliphatic carbocycles. The first-order valence-corrected chi connectivity index (χ1v) is 5.46. The average molecular weight is 197 g/mol. The van der Waals surface area contributed by atoms with Crippen LogP contribution in [0.3, 0.4) is 0 Å². The van der Waals surface area contributed by atoms with Crippen LogP contribution in [-0.2, 0) is 0 Å². The normalized spacial score (nSPS) is 26.5. The van der Waals surface area contributed by atoms with Crippen LogP contribution in [0, 0.1) is 0 Å². The van der Waals surface area contributed by atoms with Gasteiger partial charge >= 0.3 is 0 Å². The van der Waals surface area contributed by atoms with Crippen molar-refractivity contribution in [2.24, 2.45) is 10.7 Å². The third kappa shape index (κ3) is 2.18. The number of aliphatic imine (C=N–C) groups is 1. The molecule has 0 atom stereocenters. The molecule has 0 unspecified atom stereocenters. The Kier molecular flexibility index (Phi) is 2.63. The maximum atomic E-state index is 9.09. The molecule has 0 bridgehead atoms. The number of guanidine groups is 1. The van der Waals surface area contributed by atoms with Crippen LogP contribution >= 0.6 is 0 Å². The van der Waals surface area contributed by atoms with Gasteiger partial charge < -0.3 is 16.2 Å². The largest absolute Gasteiger partial charge is 0.394 e. The highest BCUT2D eigenvalue weighted by Crippen LogP contribution is 2.34. The van der Waals surface area contributed by atoms with Crippen molar-refractivity contribution >= 4 is 5.96 Å². The Balaban J connectivity index is 1.84. The van der Waals surface area contributed by atoms with Gasteiger partial charge in [0.15, 0.2) is 5.96 Å². The summed E-state index contributed by atoms with van der Waals surface area (Å²) < 4.78 is 0. The van der Waals surface area contributed by atoms with Crippen molar-refractivity contribution < 1.29 is 5.11 Å². The lowest BCUT2D eigenvalue weighted by molar-refractivity contribution is 0.245. The second-order valence-electron chi connectivity index (χ2n) is 4.52. The molecule has 0 aromatic carbocycles. The van der Waals surface area contributed by atoms with Gasteiger partial charge in [-0.05, 0) is 25.7 Å². The Morgan fingerprint density at radius 1 is 1.43 bits per heavy atom. The number of aliphatic hydroxyl groups excluding tert-OH is 1. The lowest BCUT2D eigenvalue weighted by Gasteiger charge is -2.15. The van der Waals surface area contributed by atoms with E-state index in [-0.39, 0.29) is 12.1 Å². The Labute approximate surface area is 84.6 Å². The number of nitrogens with zero attached hydrogens (tertiary/aromatic N) is 1. The van der Waals surface area contributed by atoms with Crippen LogP contribution in [0.15, 0.2) is 4.99 Å². The molecule has 4 nitrogen and oxygen atoms in total. The summed E-state index contributed by atoms with van der Waals surface area (Å²) in [6.45, 7) is 0.161. The zero-order valence-corrected chi connectivity index (χ0v) is 8.50. The summed E-state index contributed by atoms with van der Waals surface area (Å²) >= 11 is 0. The Morgan fingerprint density at radius 2 is 2.07 bits per heavy atom. The highest BCUT2D eigenvalue weighted by Gasteiger charge is 2.42. The fourth-order valence-corrected chi connectivity index (χ4v) is 2.01. The molecule has 0 aliphatic heterocycles. The van der Waals surface area contributed by atoms with Crippen LogP contribution in [0.5, 0.6) is 0 Å². The van der Waals surface area contributed by atoms with Gasteiger partial charge in [0.2, 0.25) is 0 Å². The highest BCUT2D eigenvalue weighted by atomic mass is 16.3. The van der Waals surface area contributed by atoms with E-state index in [4.69, 9.17) is 10.8 Å². The van der Waals surface area contributed by atoms with Crippen molar-refractivity contribution in [1.29, 1.82) is 0 Å². The molecule has 2 fully saturated rings. The predicted molar refractivity (Wildman–Crippen MR) is 56.1 cm³/mol. The summed E-state index contributed by atoms with van der Waals surface area (Å²) in [6, 6.07) is 0.414. The van der Waals surface area contributed by atoms with Gasteiger partial charge in [-0.3, -0.25) is 4.99 Å². The number of rotatable bonds is 3. The van der Waals surface area contributed by atoms with E-state index < -0.39 is 0 Å². The number of nitrogens with one attached hydrogen (secondary N) is 1. The van der Waals surface area contributed by atoms with Crippen LogP contribution in [-0.4, -0.2) is 29.3 Å². The summed E-state index contributed by atoms with van der Waals surface area (Å²) in [5.74, 6) is 0.517. The fourth-order valence-electron chi connectivity index (χ4n) is 2.01. The van der Waals surface area contributed by atoms with Gasteiger partial charge in [-0.25, -0.2) is 0 Å². The van der Waals surface area contributed by atoms with Crippen LogP contribution in [0.25, 0.3) is 0 Å². The topological polar surface area (TPSA) is 70.6 Å². The molecule has 0 amide bonds. The van der Waals surface area contributed by atoms with Crippen molar-refractivity contribution in [3.63, 3.8) is 0 Å². The summed E-state index contributed by atoms with van der Waals surface area (Å²) in [6.07, 6.45) is 6.87. The molecule has 14 heavy (non-hydrogen) atoms.